The maximum atomic E-state index is 11.5. The summed E-state index contributed by atoms with van der Waals surface area (Å²) in [7, 11) is 1.45. The Morgan fingerprint density at radius 1 is 1.31 bits per heavy atom. The van der Waals surface area contributed by atoms with Crippen LogP contribution in [0.15, 0.2) is 0 Å². The molecule has 1 unspecified atom stereocenters. The lowest BCUT2D eigenvalue weighted by atomic mass is 9.61. The monoisotopic (exact) mass is 227 g/mol. The Hall–Kier alpha value is -0.570. The number of hydrogen-bond donors (Lipinski definition) is 1. The molecule has 2 N–H and O–H groups in total. The van der Waals surface area contributed by atoms with E-state index in [2.05, 4.69) is 13.8 Å². The number of carbonyl (C=O) groups is 1. The summed E-state index contributed by atoms with van der Waals surface area (Å²) in [5, 5.41) is 0. The van der Waals surface area contributed by atoms with E-state index >= 15 is 0 Å². The number of nitrogens with two attached hydrogens (primary N) is 1. The predicted molar refractivity (Wildman–Crippen MR) is 65.0 cm³/mol. The van der Waals surface area contributed by atoms with Crippen molar-refractivity contribution in [2.45, 2.75) is 58.9 Å². The molecule has 1 aliphatic carbocycles. The smallest absolute Gasteiger partial charge is 0.306 e. The third-order valence-electron chi connectivity index (χ3n) is 4.29. The summed E-state index contributed by atoms with van der Waals surface area (Å²) < 4.78 is 4.79. The van der Waals surface area contributed by atoms with Gasteiger partial charge >= 0.3 is 5.97 Å². The van der Waals surface area contributed by atoms with Gasteiger partial charge in [0.05, 0.1) is 13.5 Å². The summed E-state index contributed by atoms with van der Waals surface area (Å²) in [6.07, 6.45) is 4.83. The van der Waals surface area contributed by atoms with E-state index in [1.807, 2.05) is 6.92 Å². The second-order valence-corrected chi connectivity index (χ2v) is 6.07. The number of carbonyl (C=O) groups excluding carboxylic acids is 1. The van der Waals surface area contributed by atoms with Gasteiger partial charge in [0.25, 0.3) is 0 Å². The summed E-state index contributed by atoms with van der Waals surface area (Å²) in [5.41, 5.74) is 6.44. The number of methoxy groups -OCH3 is 1. The van der Waals surface area contributed by atoms with Gasteiger partial charge in [-0.1, -0.05) is 13.8 Å². The quantitative estimate of drug-likeness (QED) is 0.754. The second kappa shape index (κ2) is 4.74. The van der Waals surface area contributed by atoms with Gasteiger partial charge in [0.15, 0.2) is 0 Å². The van der Waals surface area contributed by atoms with Crippen LogP contribution in [0.25, 0.3) is 0 Å². The average Bonchev–Trinajstić information content (AvgIpc) is 2.21. The van der Waals surface area contributed by atoms with E-state index < -0.39 is 0 Å². The molecule has 94 valence electrons. The van der Waals surface area contributed by atoms with Crippen molar-refractivity contribution in [3.8, 4) is 0 Å². The van der Waals surface area contributed by atoms with Crippen LogP contribution in [-0.2, 0) is 9.53 Å². The maximum Gasteiger partial charge on any atom is 0.306 e. The second-order valence-electron chi connectivity index (χ2n) is 6.07. The minimum absolute atomic E-state index is 0.0391. The molecule has 0 heterocycles. The van der Waals surface area contributed by atoms with Crippen LogP contribution < -0.4 is 5.73 Å². The van der Waals surface area contributed by atoms with Crippen molar-refractivity contribution < 1.29 is 9.53 Å². The maximum absolute atomic E-state index is 11.5. The van der Waals surface area contributed by atoms with Crippen molar-refractivity contribution in [2.75, 3.05) is 7.11 Å². The molecule has 0 aromatic heterocycles. The summed E-state index contributed by atoms with van der Waals surface area (Å²) >= 11 is 0. The van der Waals surface area contributed by atoms with Gasteiger partial charge in [-0.25, -0.2) is 0 Å². The molecule has 0 radical (unpaired) electrons. The third kappa shape index (κ3) is 2.97. The Kier molecular flexibility index (Phi) is 4.00. The van der Waals surface area contributed by atoms with E-state index in [9.17, 15) is 4.79 Å². The third-order valence-corrected chi connectivity index (χ3v) is 4.29. The van der Waals surface area contributed by atoms with Crippen LogP contribution in [-0.4, -0.2) is 19.1 Å². The summed E-state index contributed by atoms with van der Waals surface area (Å²) in [6.45, 7) is 6.59. The molecule has 0 aliphatic heterocycles. The highest BCUT2D eigenvalue weighted by Gasteiger charge is 2.42. The first-order valence-corrected chi connectivity index (χ1v) is 6.14. The molecular weight excluding hydrogens is 202 g/mol. The lowest BCUT2D eigenvalue weighted by Gasteiger charge is -2.45. The van der Waals surface area contributed by atoms with Crippen molar-refractivity contribution in [3.63, 3.8) is 0 Å². The van der Waals surface area contributed by atoms with Crippen molar-refractivity contribution in [1.29, 1.82) is 0 Å². The molecule has 1 saturated carbocycles. The number of hydrogen-bond acceptors (Lipinski definition) is 3. The molecule has 1 rings (SSSR count). The molecule has 1 fully saturated rings. The molecule has 16 heavy (non-hydrogen) atoms. The molecule has 0 aromatic carbocycles. The van der Waals surface area contributed by atoms with Gasteiger partial charge in [-0.05, 0) is 43.4 Å². The Labute approximate surface area is 98.7 Å². The number of rotatable bonds is 3. The molecule has 3 nitrogen and oxygen atoms in total. The van der Waals surface area contributed by atoms with Crippen LogP contribution in [0.5, 0.6) is 0 Å². The van der Waals surface area contributed by atoms with Gasteiger partial charge in [0.2, 0.25) is 0 Å². The zero-order chi connectivity index (χ0) is 12.4. The van der Waals surface area contributed by atoms with Crippen LogP contribution in [0.2, 0.25) is 0 Å². The van der Waals surface area contributed by atoms with E-state index in [0.29, 0.717) is 11.8 Å². The molecule has 0 spiro atoms. The van der Waals surface area contributed by atoms with E-state index in [1.54, 1.807) is 0 Å². The van der Waals surface area contributed by atoms with Gasteiger partial charge in [0.1, 0.15) is 0 Å². The first-order chi connectivity index (χ1) is 7.31. The molecule has 0 amide bonds. The summed E-state index contributed by atoms with van der Waals surface area (Å²) in [6, 6.07) is 0.0581. The molecular formula is C13H25NO2. The summed E-state index contributed by atoms with van der Waals surface area (Å²) in [5.74, 6) is -0.128. The van der Waals surface area contributed by atoms with Crippen LogP contribution >= 0.6 is 0 Å². The van der Waals surface area contributed by atoms with Crippen LogP contribution in [0, 0.1) is 10.8 Å². The van der Waals surface area contributed by atoms with E-state index in [-0.39, 0.29) is 17.4 Å². The largest absolute Gasteiger partial charge is 0.469 e. The first-order valence-electron chi connectivity index (χ1n) is 6.14. The van der Waals surface area contributed by atoms with Gasteiger partial charge in [-0.2, -0.15) is 0 Å². The van der Waals surface area contributed by atoms with Crippen LogP contribution in [0.3, 0.4) is 0 Å². The normalized spacial score (nSPS) is 24.8. The Morgan fingerprint density at radius 3 is 2.19 bits per heavy atom. The van der Waals surface area contributed by atoms with Crippen molar-refractivity contribution in [2.24, 2.45) is 16.6 Å². The Balaban J connectivity index is 2.72. The topological polar surface area (TPSA) is 52.3 Å². The SMILES string of the molecule is COC(=O)CC1(C(C)N)CCC(C)(C)CC1. The fourth-order valence-corrected chi connectivity index (χ4v) is 2.58. The number of esters is 1. The van der Waals surface area contributed by atoms with Crippen LogP contribution in [0.1, 0.15) is 52.9 Å². The number of ether oxygens (including phenoxy) is 1. The van der Waals surface area contributed by atoms with Crippen molar-refractivity contribution in [1.82, 2.24) is 0 Å². The minimum Gasteiger partial charge on any atom is -0.469 e. The summed E-state index contributed by atoms with van der Waals surface area (Å²) in [4.78, 5) is 11.5. The highest BCUT2D eigenvalue weighted by atomic mass is 16.5. The highest BCUT2D eigenvalue weighted by Crippen LogP contribution is 2.48. The van der Waals surface area contributed by atoms with E-state index in [4.69, 9.17) is 10.5 Å². The van der Waals surface area contributed by atoms with Gasteiger partial charge in [-0.3, -0.25) is 4.79 Å². The molecule has 3 heteroatoms. The fraction of sp³-hybridized carbons (Fsp3) is 0.923. The average molecular weight is 227 g/mol. The molecule has 0 bridgehead atoms. The zero-order valence-electron chi connectivity index (χ0n) is 11.0. The van der Waals surface area contributed by atoms with Crippen molar-refractivity contribution in [3.05, 3.63) is 0 Å². The molecule has 1 atom stereocenters. The van der Waals surface area contributed by atoms with Crippen molar-refractivity contribution >= 4 is 5.97 Å². The lowest BCUT2D eigenvalue weighted by Crippen LogP contribution is -2.45. The minimum atomic E-state index is -0.128. The van der Waals surface area contributed by atoms with Gasteiger partial charge in [-0.15, -0.1) is 0 Å². The van der Waals surface area contributed by atoms with E-state index in [0.717, 1.165) is 25.7 Å². The molecule has 0 saturated heterocycles. The van der Waals surface area contributed by atoms with Crippen LogP contribution in [0.4, 0.5) is 0 Å². The first kappa shape index (κ1) is 13.5. The Morgan fingerprint density at radius 2 is 1.81 bits per heavy atom. The molecule has 1 aliphatic rings. The van der Waals surface area contributed by atoms with Gasteiger partial charge in [0, 0.05) is 6.04 Å². The lowest BCUT2D eigenvalue weighted by molar-refractivity contribution is -0.145. The zero-order valence-corrected chi connectivity index (χ0v) is 11.0. The van der Waals surface area contributed by atoms with Gasteiger partial charge < -0.3 is 10.5 Å². The Bertz CT molecular complexity index is 249. The standard InChI is InChI=1S/C13H25NO2/c1-10(14)13(9-11(15)16-4)7-5-12(2,3)6-8-13/h10H,5-9,14H2,1-4H3. The molecule has 0 aromatic rings. The van der Waals surface area contributed by atoms with E-state index in [1.165, 1.54) is 7.11 Å². The predicted octanol–water partition coefficient (Wildman–Crippen LogP) is 2.48. The highest BCUT2D eigenvalue weighted by molar-refractivity contribution is 5.70. The fourth-order valence-electron chi connectivity index (χ4n) is 2.58.